The number of benzene rings is 1. The summed E-state index contributed by atoms with van der Waals surface area (Å²) >= 11 is 0. The molecule has 1 aromatic rings. The SMILES string of the molecule is CC(C)(O)COc1c(F)cc(CO)cc1F. The highest BCUT2D eigenvalue weighted by Gasteiger charge is 2.18. The van der Waals surface area contributed by atoms with E-state index in [4.69, 9.17) is 9.84 Å². The second-order valence-electron chi connectivity index (χ2n) is 4.15. The molecule has 0 radical (unpaired) electrons. The van der Waals surface area contributed by atoms with E-state index >= 15 is 0 Å². The second kappa shape index (κ2) is 4.76. The van der Waals surface area contributed by atoms with Crippen LogP contribution in [-0.4, -0.2) is 22.4 Å². The topological polar surface area (TPSA) is 49.7 Å². The number of aliphatic hydroxyl groups excluding tert-OH is 1. The van der Waals surface area contributed by atoms with Crippen LogP contribution in [-0.2, 0) is 6.61 Å². The van der Waals surface area contributed by atoms with Gasteiger partial charge in [-0.05, 0) is 31.5 Å². The van der Waals surface area contributed by atoms with Crippen molar-refractivity contribution in [2.24, 2.45) is 0 Å². The van der Waals surface area contributed by atoms with Crippen LogP contribution in [0.15, 0.2) is 12.1 Å². The van der Waals surface area contributed by atoms with Gasteiger partial charge in [0, 0.05) is 0 Å². The van der Waals surface area contributed by atoms with Crippen LogP contribution in [0.1, 0.15) is 19.4 Å². The Balaban J connectivity index is 2.88. The quantitative estimate of drug-likeness (QED) is 0.829. The van der Waals surface area contributed by atoms with Crippen molar-refractivity contribution >= 4 is 0 Å². The Morgan fingerprint density at radius 3 is 2.12 bits per heavy atom. The number of halogens is 2. The van der Waals surface area contributed by atoms with Crippen molar-refractivity contribution in [1.29, 1.82) is 0 Å². The molecule has 90 valence electrons. The molecule has 0 saturated carbocycles. The lowest BCUT2D eigenvalue weighted by Crippen LogP contribution is -2.28. The van der Waals surface area contributed by atoms with Gasteiger partial charge in [0.05, 0.1) is 12.2 Å². The maximum absolute atomic E-state index is 13.3. The van der Waals surface area contributed by atoms with Gasteiger partial charge in [0.2, 0.25) is 0 Å². The van der Waals surface area contributed by atoms with Crippen molar-refractivity contribution in [3.05, 3.63) is 29.3 Å². The molecule has 2 N–H and O–H groups in total. The van der Waals surface area contributed by atoms with E-state index in [9.17, 15) is 13.9 Å². The molecule has 1 aromatic carbocycles. The van der Waals surface area contributed by atoms with Gasteiger partial charge in [0.15, 0.2) is 17.4 Å². The largest absolute Gasteiger partial charge is 0.485 e. The average Bonchev–Trinajstić information content (AvgIpc) is 2.14. The zero-order valence-corrected chi connectivity index (χ0v) is 9.13. The highest BCUT2D eigenvalue weighted by molar-refractivity contribution is 5.31. The van der Waals surface area contributed by atoms with Crippen LogP contribution in [0.5, 0.6) is 5.75 Å². The Hall–Kier alpha value is -1.20. The summed E-state index contributed by atoms with van der Waals surface area (Å²) in [4.78, 5) is 0. The molecular formula is C11H14F2O3. The first kappa shape index (κ1) is 12.9. The molecule has 0 saturated heterocycles. The van der Waals surface area contributed by atoms with E-state index in [1.165, 1.54) is 13.8 Å². The van der Waals surface area contributed by atoms with Gasteiger partial charge in [-0.15, -0.1) is 0 Å². The summed E-state index contributed by atoms with van der Waals surface area (Å²) in [6.07, 6.45) is 0. The fraction of sp³-hybridized carbons (Fsp3) is 0.455. The molecule has 3 nitrogen and oxygen atoms in total. The summed E-state index contributed by atoms with van der Waals surface area (Å²) in [5.41, 5.74) is -1.04. The van der Waals surface area contributed by atoms with Gasteiger partial charge in [-0.3, -0.25) is 0 Å². The van der Waals surface area contributed by atoms with Crippen LogP contribution in [0.25, 0.3) is 0 Å². The van der Waals surface area contributed by atoms with Crippen molar-refractivity contribution in [3.8, 4) is 5.75 Å². The van der Waals surface area contributed by atoms with Crippen LogP contribution < -0.4 is 4.74 Å². The monoisotopic (exact) mass is 232 g/mol. The number of hydrogen-bond acceptors (Lipinski definition) is 3. The maximum atomic E-state index is 13.3. The van der Waals surface area contributed by atoms with Crippen LogP contribution >= 0.6 is 0 Å². The van der Waals surface area contributed by atoms with E-state index in [0.717, 1.165) is 12.1 Å². The lowest BCUT2D eigenvalue weighted by Gasteiger charge is -2.18. The van der Waals surface area contributed by atoms with Crippen LogP contribution in [0.3, 0.4) is 0 Å². The van der Waals surface area contributed by atoms with E-state index in [0.29, 0.717) is 0 Å². The van der Waals surface area contributed by atoms with Crippen LogP contribution in [0, 0.1) is 11.6 Å². The second-order valence-corrected chi connectivity index (χ2v) is 4.15. The maximum Gasteiger partial charge on any atom is 0.190 e. The fourth-order valence-electron chi connectivity index (χ4n) is 1.09. The fourth-order valence-corrected chi connectivity index (χ4v) is 1.09. The summed E-state index contributed by atoms with van der Waals surface area (Å²) in [5, 5.41) is 18.1. The van der Waals surface area contributed by atoms with E-state index in [1.807, 2.05) is 0 Å². The molecule has 0 aliphatic heterocycles. The minimum absolute atomic E-state index is 0.130. The third-order valence-electron chi connectivity index (χ3n) is 1.81. The van der Waals surface area contributed by atoms with Gasteiger partial charge >= 0.3 is 0 Å². The third-order valence-corrected chi connectivity index (χ3v) is 1.81. The first-order chi connectivity index (χ1) is 7.33. The zero-order chi connectivity index (χ0) is 12.3. The summed E-state index contributed by atoms with van der Waals surface area (Å²) in [6.45, 7) is 2.26. The predicted molar refractivity (Wildman–Crippen MR) is 54.1 cm³/mol. The summed E-state index contributed by atoms with van der Waals surface area (Å²) < 4.78 is 31.5. The van der Waals surface area contributed by atoms with Gasteiger partial charge in [-0.1, -0.05) is 0 Å². The highest BCUT2D eigenvalue weighted by atomic mass is 19.1. The molecule has 5 heteroatoms. The zero-order valence-electron chi connectivity index (χ0n) is 9.13. The van der Waals surface area contributed by atoms with Crippen molar-refractivity contribution < 1.29 is 23.7 Å². The minimum atomic E-state index is -1.17. The summed E-state index contributed by atoms with van der Waals surface area (Å²) in [5.74, 6) is -2.33. The van der Waals surface area contributed by atoms with Crippen molar-refractivity contribution in [3.63, 3.8) is 0 Å². The standard InChI is InChI=1S/C11H14F2O3/c1-11(2,15)6-16-10-8(12)3-7(5-14)4-9(10)13/h3-4,14-15H,5-6H2,1-2H3. The smallest absolute Gasteiger partial charge is 0.190 e. The van der Waals surface area contributed by atoms with Crippen molar-refractivity contribution in [2.75, 3.05) is 6.61 Å². The molecule has 0 atom stereocenters. The first-order valence-electron chi connectivity index (χ1n) is 4.77. The van der Waals surface area contributed by atoms with Gasteiger partial charge in [-0.25, -0.2) is 8.78 Å². The molecule has 0 aromatic heterocycles. The normalized spacial score (nSPS) is 11.6. The average molecular weight is 232 g/mol. The summed E-state index contributed by atoms with van der Waals surface area (Å²) in [6, 6.07) is 1.98. The number of ether oxygens (including phenoxy) is 1. The van der Waals surface area contributed by atoms with E-state index < -0.39 is 29.6 Å². The Kier molecular flexibility index (Phi) is 3.83. The Bertz CT molecular complexity index is 349. The number of rotatable bonds is 4. The first-order valence-corrected chi connectivity index (χ1v) is 4.77. The third kappa shape index (κ3) is 3.43. The van der Waals surface area contributed by atoms with Gasteiger partial charge in [0.25, 0.3) is 0 Å². The Morgan fingerprint density at radius 2 is 1.75 bits per heavy atom. The van der Waals surface area contributed by atoms with Gasteiger partial charge in [0.1, 0.15) is 6.61 Å². The molecule has 16 heavy (non-hydrogen) atoms. The lowest BCUT2D eigenvalue weighted by atomic mass is 10.1. The van der Waals surface area contributed by atoms with Crippen molar-refractivity contribution in [2.45, 2.75) is 26.1 Å². The van der Waals surface area contributed by atoms with Crippen LogP contribution in [0.4, 0.5) is 8.78 Å². The molecule has 0 spiro atoms. The molecule has 0 aliphatic rings. The summed E-state index contributed by atoms with van der Waals surface area (Å²) in [7, 11) is 0. The number of aliphatic hydroxyl groups is 2. The molecule has 0 fully saturated rings. The molecule has 0 bridgehead atoms. The van der Waals surface area contributed by atoms with Crippen molar-refractivity contribution in [1.82, 2.24) is 0 Å². The molecular weight excluding hydrogens is 218 g/mol. The minimum Gasteiger partial charge on any atom is -0.485 e. The molecule has 0 heterocycles. The van der Waals surface area contributed by atoms with Gasteiger partial charge in [-0.2, -0.15) is 0 Å². The Labute approximate surface area is 92.3 Å². The molecule has 0 unspecified atom stereocenters. The van der Waals surface area contributed by atoms with E-state index in [-0.39, 0.29) is 12.2 Å². The Morgan fingerprint density at radius 1 is 1.25 bits per heavy atom. The van der Waals surface area contributed by atoms with Gasteiger partial charge < -0.3 is 14.9 Å². The molecule has 0 aliphatic carbocycles. The van der Waals surface area contributed by atoms with Crippen LogP contribution in [0.2, 0.25) is 0 Å². The molecule has 0 amide bonds. The lowest BCUT2D eigenvalue weighted by molar-refractivity contribution is 0.0257. The molecule has 1 rings (SSSR count). The number of hydrogen-bond donors (Lipinski definition) is 2. The predicted octanol–water partition coefficient (Wildman–Crippen LogP) is 1.61. The van der Waals surface area contributed by atoms with E-state index in [1.54, 1.807) is 0 Å². The van der Waals surface area contributed by atoms with E-state index in [2.05, 4.69) is 0 Å². The highest BCUT2D eigenvalue weighted by Crippen LogP contribution is 2.24.